The van der Waals surface area contributed by atoms with E-state index in [1.54, 1.807) is 39.0 Å². The SMILES string of the molecule is CC(C)(C)S(=O)(=O)c1ccc(NC(=O)C=C2CCC2)cc1. The van der Waals surface area contributed by atoms with Crippen LogP contribution in [-0.2, 0) is 14.6 Å². The van der Waals surface area contributed by atoms with E-state index in [2.05, 4.69) is 5.32 Å². The average Bonchev–Trinajstić information content (AvgIpc) is 2.33. The first-order valence-electron chi connectivity index (χ1n) is 7.05. The number of allylic oxidation sites excluding steroid dienone is 1. The van der Waals surface area contributed by atoms with Crippen molar-refractivity contribution in [3.8, 4) is 0 Å². The van der Waals surface area contributed by atoms with Crippen LogP contribution in [0.25, 0.3) is 0 Å². The van der Waals surface area contributed by atoms with Gasteiger partial charge in [0.25, 0.3) is 0 Å². The number of sulfone groups is 1. The molecule has 0 aromatic heterocycles. The summed E-state index contributed by atoms with van der Waals surface area (Å²) in [6.45, 7) is 5.01. The molecule has 1 aromatic carbocycles. The summed E-state index contributed by atoms with van der Waals surface area (Å²) in [5, 5.41) is 2.75. The van der Waals surface area contributed by atoms with Crippen molar-refractivity contribution in [2.24, 2.45) is 0 Å². The van der Waals surface area contributed by atoms with E-state index in [4.69, 9.17) is 0 Å². The Balaban J connectivity index is 2.11. The molecule has 0 radical (unpaired) electrons. The summed E-state index contributed by atoms with van der Waals surface area (Å²) in [5.41, 5.74) is 1.77. The molecule has 0 heterocycles. The summed E-state index contributed by atoms with van der Waals surface area (Å²) in [6.07, 6.45) is 4.77. The topological polar surface area (TPSA) is 63.2 Å². The van der Waals surface area contributed by atoms with Crippen molar-refractivity contribution in [3.63, 3.8) is 0 Å². The minimum atomic E-state index is -3.36. The summed E-state index contributed by atoms with van der Waals surface area (Å²) in [7, 11) is -3.36. The lowest BCUT2D eigenvalue weighted by atomic mass is 9.92. The van der Waals surface area contributed by atoms with Crippen molar-refractivity contribution in [3.05, 3.63) is 35.9 Å². The van der Waals surface area contributed by atoms with Gasteiger partial charge in [0.2, 0.25) is 5.91 Å². The van der Waals surface area contributed by atoms with Crippen molar-refractivity contribution in [2.45, 2.75) is 49.7 Å². The van der Waals surface area contributed by atoms with E-state index in [0.29, 0.717) is 5.69 Å². The van der Waals surface area contributed by atoms with Gasteiger partial charge in [0.05, 0.1) is 9.64 Å². The van der Waals surface area contributed by atoms with Crippen LogP contribution in [0.1, 0.15) is 40.0 Å². The minimum absolute atomic E-state index is 0.156. The maximum Gasteiger partial charge on any atom is 0.248 e. The molecule has 1 saturated carbocycles. The third-order valence-electron chi connectivity index (χ3n) is 3.57. The number of hydrogen-bond donors (Lipinski definition) is 1. The largest absolute Gasteiger partial charge is 0.323 e. The van der Waals surface area contributed by atoms with Crippen LogP contribution >= 0.6 is 0 Å². The number of amides is 1. The monoisotopic (exact) mass is 307 g/mol. The molecule has 1 aliphatic rings. The molecule has 0 saturated heterocycles. The fraction of sp³-hybridized carbons (Fsp3) is 0.438. The zero-order chi connectivity index (χ0) is 15.7. The molecule has 1 N–H and O–H groups in total. The molecule has 114 valence electrons. The van der Waals surface area contributed by atoms with Gasteiger partial charge in [-0.3, -0.25) is 4.79 Å². The molecule has 5 heteroatoms. The van der Waals surface area contributed by atoms with Gasteiger partial charge in [0, 0.05) is 11.8 Å². The molecule has 0 bridgehead atoms. The van der Waals surface area contributed by atoms with E-state index in [1.807, 2.05) is 0 Å². The predicted molar refractivity (Wildman–Crippen MR) is 83.9 cm³/mol. The van der Waals surface area contributed by atoms with Crippen LogP contribution < -0.4 is 5.32 Å². The zero-order valence-electron chi connectivity index (χ0n) is 12.6. The first-order chi connectivity index (χ1) is 9.70. The fourth-order valence-electron chi connectivity index (χ4n) is 1.96. The lowest BCUT2D eigenvalue weighted by Gasteiger charge is -2.19. The lowest BCUT2D eigenvalue weighted by Crippen LogP contribution is -2.27. The van der Waals surface area contributed by atoms with Gasteiger partial charge in [-0.05, 0) is 64.3 Å². The van der Waals surface area contributed by atoms with Gasteiger partial charge in [0.1, 0.15) is 0 Å². The highest BCUT2D eigenvalue weighted by Gasteiger charge is 2.30. The number of rotatable bonds is 3. The Kier molecular flexibility index (Phi) is 4.23. The standard InChI is InChI=1S/C16H21NO3S/c1-16(2,3)21(19,20)14-9-7-13(8-10-14)17-15(18)11-12-5-4-6-12/h7-11H,4-6H2,1-3H3,(H,17,18). The molecule has 1 aliphatic carbocycles. The molecule has 1 fully saturated rings. The van der Waals surface area contributed by atoms with Crippen LogP contribution in [0.5, 0.6) is 0 Å². The Morgan fingerprint density at radius 2 is 1.71 bits per heavy atom. The molecule has 0 spiro atoms. The molecule has 0 aliphatic heterocycles. The van der Waals surface area contributed by atoms with Crippen LogP contribution in [0.3, 0.4) is 0 Å². The van der Waals surface area contributed by atoms with Crippen LogP contribution in [0.2, 0.25) is 0 Å². The van der Waals surface area contributed by atoms with Gasteiger partial charge >= 0.3 is 0 Å². The highest BCUT2D eigenvalue weighted by Crippen LogP contribution is 2.26. The summed E-state index contributed by atoms with van der Waals surface area (Å²) in [6, 6.07) is 6.31. The van der Waals surface area contributed by atoms with Crippen LogP contribution in [0, 0.1) is 0 Å². The van der Waals surface area contributed by atoms with E-state index in [-0.39, 0.29) is 10.8 Å². The van der Waals surface area contributed by atoms with Gasteiger partial charge in [-0.25, -0.2) is 8.42 Å². The quantitative estimate of drug-likeness (QED) is 0.871. The highest BCUT2D eigenvalue weighted by atomic mass is 32.2. The van der Waals surface area contributed by atoms with E-state index in [1.165, 1.54) is 17.7 Å². The maximum absolute atomic E-state index is 12.3. The second-order valence-electron chi connectivity index (χ2n) is 6.29. The van der Waals surface area contributed by atoms with Crippen LogP contribution in [0.4, 0.5) is 5.69 Å². The minimum Gasteiger partial charge on any atom is -0.323 e. The van der Waals surface area contributed by atoms with Gasteiger partial charge in [-0.2, -0.15) is 0 Å². The number of carbonyl (C=O) groups excluding carboxylic acids is 1. The van der Waals surface area contributed by atoms with E-state index in [0.717, 1.165) is 19.3 Å². The Bertz CT molecular complexity index is 658. The number of hydrogen-bond acceptors (Lipinski definition) is 3. The second kappa shape index (κ2) is 5.64. The van der Waals surface area contributed by atoms with Crippen molar-refractivity contribution in [1.82, 2.24) is 0 Å². The lowest BCUT2D eigenvalue weighted by molar-refractivity contribution is -0.112. The maximum atomic E-state index is 12.3. The van der Waals surface area contributed by atoms with Gasteiger partial charge in [-0.1, -0.05) is 5.57 Å². The third-order valence-corrected chi connectivity index (χ3v) is 6.07. The molecular formula is C16H21NO3S. The van der Waals surface area contributed by atoms with Crippen molar-refractivity contribution >= 4 is 21.4 Å². The van der Waals surface area contributed by atoms with E-state index < -0.39 is 14.6 Å². The van der Waals surface area contributed by atoms with E-state index in [9.17, 15) is 13.2 Å². The number of nitrogens with one attached hydrogen (secondary N) is 1. The second-order valence-corrected chi connectivity index (χ2v) is 8.99. The average molecular weight is 307 g/mol. The Labute approximate surface area is 126 Å². The first kappa shape index (κ1) is 15.8. The molecule has 2 rings (SSSR count). The van der Waals surface area contributed by atoms with Gasteiger partial charge < -0.3 is 5.32 Å². The van der Waals surface area contributed by atoms with Crippen molar-refractivity contribution in [2.75, 3.05) is 5.32 Å². The molecule has 1 aromatic rings. The van der Waals surface area contributed by atoms with Crippen LogP contribution in [-0.4, -0.2) is 19.1 Å². The summed E-state index contributed by atoms with van der Waals surface area (Å²) in [5.74, 6) is -0.156. The molecule has 4 nitrogen and oxygen atoms in total. The summed E-state index contributed by atoms with van der Waals surface area (Å²) < 4.78 is 23.7. The van der Waals surface area contributed by atoms with Gasteiger partial charge in [0.15, 0.2) is 9.84 Å². The van der Waals surface area contributed by atoms with E-state index >= 15 is 0 Å². The normalized spacial score (nSPS) is 15.3. The van der Waals surface area contributed by atoms with Crippen molar-refractivity contribution in [1.29, 1.82) is 0 Å². The molecule has 0 atom stereocenters. The Hall–Kier alpha value is -1.62. The summed E-state index contributed by atoms with van der Waals surface area (Å²) in [4.78, 5) is 12.0. The fourth-order valence-corrected chi connectivity index (χ4v) is 3.16. The molecular weight excluding hydrogens is 286 g/mol. The Morgan fingerprint density at radius 3 is 2.14 bits per heavy atom. The number of carbonyl (C=O) groups is 1. The van der Waals surface area contributed by atoms with Crippen LogP contribution in [0.15, 0.2) is 40.8 Å². The summed E-state index contributed by atoms with van der Waals surface area (Å²) >= 11 is 0. The molecule has 0 unspecified atom stereocenters. The predicted octanol–water partition coefficient (Wildman–Crippen LogP) is 3.31. The molecule has 21 heavy (non-hydrogen) atoms. The van der Waals surface area contributed by atoms with Gasteiger partial charge in [-0.15, -0.1) is 0 Å². The zero-order valence-corrected chi connectivity index (χ0v) is 13.5. The first-order valence-corrected chi connectivity index (χ1v) is 8.53. The molecule has 1 amide bonds. The van der Waals surface area contributed by atoms with Crippen molar-refractivity contribution < 1.29 is 13.2 Å². The third kappa shape index (κ3) is 3.53. The number of benzene rings is 1. The highest BCUT2D eigenvalue weighted by molar-refractivity contribution is 7.92. The smallest absolute Gasteiger partial charge is 0.248 e. The number of anilines is 1. The Morgan fingerprint density at radius 1 is 1.14 bits per heavy atom.